The molecule has 2 aromatic rings. The Morgan fingerprint density at radius 2 is 1.85 bits per heavy atom. The average Bonchev–Trinajstić information content (AvgIpc) is 3.47. The number of likely N-dealkylation sites (tertiary alicyclic amines) is 1. The number of alkyl halides is 3. The average molecular weight is 664 g/mol. The highest BCUT2D eigenvalue weighted by Crippen LogP contribution is 2.43. The Labute approximate surface area is 272 Å². The van der Waals surface area contributed by atoms with Crippen LogP contribution >= 0.6 is 11.6 Å². The molecule has 14 heteroatoms. The van der Waals surface area contributed by atoms with Crippen LogP contribution in [0.3, 0.4) is 0 Å². The van der Waals surface area contributed by atoms with Crippen LogP contribution in [0.2, 0.25) is 5.02 Å². The van der Waals surface area contributed by atoms with Gasteiger partial charge in [0.25, 0.3) is 0 Å². The number of rotatable bonds is 8. The van der Waals surface area contributed by atoms with Gasteiger partial charge in [0.05, 0.1) is 41.7 Å². The van der Waals surface area contributed by atoms with Gasteiger partial charge in [0.1, 0.15) is 12.4 Å². The number of halogens is 4. The normalized spacial score (nSPS) is 21.7. The van der Waals surface area contributed by atoms with Gasteiger partial charge in [-0.25, -0.2) is 0 Å². The predicted molar refractivity (Wildman–Crippen MR) is 170 cm³/mol. The van der Waals surface area contributed by atoms with Gasteiger partial charge >= 0.3 is 12.2 Å². The number of fused-ring (bicyclic) bond motifs is 1. The highest BCUT2D eigenvalue weighted by molar-refractivity contribution is 6.31. The molecule has 0 N–H and O–H groups in total. The maximum Gasteiger partial charge on any atom is 0.419 e. The molecule has 3 saturated heterocycles. The minimum Gasteiger partial charge on any atom is -0.462 e. The Hall–Kier alpha value is -3.13. The van der Waals surface area contributed by atoms with Crippen LogP contribution in [-0.4, -0.2) is 122 Å². The number of hydrogen-bond donors (Lipinski definition) is 0. The van der Waals surface area contributed by atoms with Crippen LogP contribution in [0, 0.1) is 0 Å². The first-order valence-electron chi connectivity index (χ1n) is 16.0. The van der Waals surface area contributed by atoms with E-state index in [0.717, 1.165) is 50.4 Å². The Balaban J connectivity index is 1.19. The quantitative estimate of drug-likeness (QED) is 0.393. The first kappa shape index (κ1) is 32.8. The molecule has 5 heterocycles. The van der Waals surface area contributed by atoms with Crippen molar-refractivity contribution in [1.29, 1.82) is 0 Å². The molecule has 0 aliphatic carbocycles. The minimum absolute atomic E-state index is 0.0139. The summed E-state index contributed by atoms with van der Waals surface area (Å²) in [4.78, 5) is 32.7. The Morgan fingerprint density at radius 1 is 1.07 bits per heavy atom. The molecule has 6 rings (SSSR count). The molecule has 1 aromatic carbocycles. The van der Waals surface area contributed by atoms with Crippen molar-refractivity contribution < 1.29 is 27.4 Å². The number of carbonyl (C=O) groups excluding carboxylic acids is 1. The summed E-state index contributed by atoms with van der Waals surface area (Å²) in [5, 5.41) is -0.327. The fourth-order valence-electron chi connectivity index (χ4n) is 6.67. The molecular formula is C32H41ClF3N7O3. The second kappa shape index (κ2) is 14.3. The molecule has 46 heavy (non-hydrogen) atoms. The van der Waals surface area contributed by atoms with Crippen molar-refractivity contribution in [3.63, 3.8) is 0 Å². The molecule has 1 atom stereocenters. The zero-order valence-corrected chi connectivity index (χ0v) is 26.9. The van der Waals surface area contributed by atoms with E-state index in [9.17, 15) is 18.0 Å². The largest absolute Gasteiger partial charge is 0.462 e. The van der Waals surface area contributed by atoms with Crippen LogP contribution in [0.1, 0.15) is 29.7 Å². The molecule has 0 bridgehead atoms. The molecule has 3 fully saturated rings. The van der Waals surface area contributed by atoms with E-state index in [1.165, 1.54) is 12.1 Å². The minimum atomic E-state index is -4.60. The number of hydrogen-bond acceptors (Lipinski definition) is 9. The van der Waals surface area contributed by atoms with E-state index >= 15 is 0 Å². The SMILES string of the molecule is CN1CCC[C@H]1COc1nc2c(c(N3CCN(C(=O)/C=C/CN4CCOCC4)CC3)n1)CCN(c1cccc(Cl)c1C(F)(F)F)C2. The van der Waals surface area contributed by atoms with Crippen molar-refractivity contribution in [1.82, 2.24) is 24.7 Å². The van der Waals surface area contributed by atoms with Crippen molar-refractivity contribution in [2.45, 2.75) is 38.0 Å². The Kier molecular flexibility index (Phi) is 10.2. The summed E-state index contributed by atoms with van der Waals surface area (Å²) < 4.78 is 53.7. The van der Waals surface area contributed by atoms with Crippen LogP contribution in [0.15, 0.2) is 30.4 Å². The second-order valence-corrected chi connectivity index (χ2v) is 12.7. The molecule has 1 aromatic heterocycles. The standard InChI is InChI=1S/C32H41ClF3N7O3/c1-39-10-3-5-23(39)22-46-31-37-26-21-43(27-7-2-6-25(33)29(27)32(34,35)36)12-9-24(26)30(38-31)42-15-13-41(14-16-42)28(44)8-4-11-40-17-19-45-20-18-40/h2,4,6-8,23H,3,5,9-22H2,1H3/b8-4+/t23-/m0/s1. The predicted octanol–water partition coefficient (Wildman–Crippen LogP) is 3.72. The highest BCUT2D eigenvalue weighted by Gasteiger charge is 2.38. The first-order valence-corrected chi connectivity index (χ1v) is 16.4. The Bertz CT molecular complexity index is 1410. The summed E-state index contributed by atoms with van der Waals surface area (Å²) in [6.45, 7) is 8.07. The van der Waals surface area contributed by atoms with E-state index in [2.05, 4.69) is 21.7 Å². The zero-order chi connectivity index (χ0) is 32.3. The van der Waals surface area contributed by atoms with E-state index in [1.54, 1.807) is 17.0 Å². The van der Waals surface area contributed by atoms with E-state index in [4.69, 9.17) is 31.0 Å². The van der Waals surface area contributed by atoms with Gasteiger partial charge in [-0.2, -0.15) is 23.1 Å². The third-order valence-corrected chi connectivity index (χ3v) is 9.65. The molecular weight excluding hydrogens is 623 g/mol. The molecule has 4 aliphatic rings. The van der Waals surface area contributed by atoms with E-state index in [-0.39, 0.29) is 35.2 Å². The summed E-state index contributed by atoms with van der Waals surface area (Å²) >= 11 is 6.06. The van der Waals surface area contributed by atoms with Crippen LogP contribution in [0.4, 0.5) is 24.7 Å². The smallest absolute Gasteiger partial charge is 0.419 e. The number of aromatic nitrogens is 2. The molecule has 4 aliphatic heterocycles. The fourth-order valence-corrected chi connectivity index (χ4v) is 6.94. The number of morpholine rings is 1. The maximum absolute atomic E-state index is 14.0. The van der Waals surface area contributed by atoms with Gasteiger partial charge in [-0.1, -0.05) is 23.7 Å². The van der Waals surface area contributed by atoms with Crippen molar-refractivity contribution in [2.24, 2.45) is 0 Å². The van der Waals surface area contributed by atoms with Crippen LogP contribution in [0.25, 0.3) is 0 Å². The molecule has 0 saturated carbocycles. The number of ether oxygens (including phenoxy) is 2. The third-order valence-electron chi connectivity index (χ3n) is 9.33. The van der Waals surface area contributed by atoms with E-state index < -0.39 is 11.7 Å². The topological polar surface area (TPSA) is 77.5 Å². The second-order valence-electron chi connectivity index (χ2n) is 12.3. The molecule has 10 nitrogen and oxygen atoms in total. The van der Waals surface area contributed by atoms with Gasteiger partial charge < -0.3 is 29.1 Å². The molecule has 0 spiro atoms. The number of nitrogens with zero attached hydrogens (tertiary/aromatic N) is 7. The number of amides is 1. The fraction of sp³-hybridized carbons (Fsp3) is 0.594. The highest BCUT2D eigenvalue weighted by atomic mass is 35.5. The number of likely N-dealkylation sites (N-methyl/N-ethyl adjacent to an activating group) is 1. The lowest BCUT2D eigenvalue weighted by molar-refractivity contribution is -0.137. The van der Waals surface area contributed by atoms with Crippen molar-refractivity contribution in [3.8, 4) is 6.01 Å². The lowest BCUT2D eigenvalue weighted by atomic mass is 10.0. The summed E-state index contributed by atoms with van der Waals surface area (Å²) in [6, 6.07) is 4.75. The molecule has 250 valence electrons. The molecule has 0 unspecified atom stereocenters. The lowest BCUT2D eigenvalue weighted by Crippen LogP contribution is -2.49. The number of piperazine rings is 1. The van der Waals surface area contributed by atoms with Crippen molar-refractivity contribution in [2.75, 3.05) is 95.6 Å². The van der Waals surface area contributed by atoms with Crippen LogP contribution < -0.4 is 14.5 Å². The monoisotopic (exact) mass is 663 g/mol. The molecule has 0 radical (unpaired) electrons. The third kappa shape index (κ3) is 7.53. The van der Waals surface area contributed by atoms with Gasteiger partial charge in [0, 0.05) is 70.0 Å². The Morgan fingerprint density at radius 3 is 2.57 bits per heavy atom. The maximum atomic E-state index is 14.0. The molecule has 1 amide bonds. The summed E-state index contributed by atoms with van der Waals surface area (Å²) in [5.41, 5.74) is 0.746. The van der Waals surface area contributed by atoms with Gasteiger partial charge in [-0.05, 0) is 45.0 Å². The summed E-state index contributed by atoms with van der Waals surface area (Å²) in [6.07, 6.45) is 1.56. The summed E-state index contributed by atoms with van der Waals surface area (Å²) in [7, 11) is 2.07. The summed E-state index contributed by atoms with van der Waals surface area (Å²) in [5.74, 6) is 0.719. The van der Waals surface area contributed by atoms with Gasteiger partial charge in [0.15, 0.2) is 0 Å². The van der Waals surface area contributed by atoms with Gasteiger partial charge in [-0.3, -0.25) is 9.69 Å². The van der Waals surface area contributed by atoms with Crippen molar-refractivity contribution in [3.05, 3.63) is 52.2 Å². The zero-order valence-electron chi connectivity index (χ0n) is 26.1. The number of anilines is 2. The number of carbonyl (C=O) groups is 1. The van der Waals surface area contributed by atoms with Crippen molar-refractivity contribution >= 4 is 29.0 Å². The van der Waals surface area contributed by atoms with E-state index in [0.29, 0.717) is 64.7 Å². The van der Waals surface area contributed by atoms with Crippen LogP contribution in [-0.2, 0) is 28.7 Å². The van der Waals surface area contributed by atoms with E-state index in [1.807, 2.05) is 11.0 Å². The lowest BCUT2D eigenvalue weighted by Gasteiger charge is -2.38. The van der Waals surface area contributed by atoms with Gasteiger partial charge in [0.2, 0.25) is 5.91 Å². The first-order chi connectivity index (χ1) is 22.2. The number of benzene rings is 1. The van der Waals surface area contributed by atoms with Crippen LogP contribution in [0.5, 0.6) is 6.01 Å². The van der Waals surface area contributed by atoms with Gasteiger partial charge in [-0.15, -0.1) is 0 Å².